The molecule has 1 rings (SSSR count). The molecule has 13 heteroatoms. The Morgan fingerprint density at radius 3 is 2.62 bits per heavy atom. The number of aliphatic hydroxyl groups is 1. The molecule has 0 spiro atoms. The van der Waals surface area contributed by atoms with E-state index < -0.39 is 23.4 Å². The molecule has 12 nitrogen and oxygen atoms in total. The number of aromatic amines is 1. The lowest BCUT2D eigenvalue weighted by molar-refractivity contribution is -0.153. The normalized spacial score (nSPS) is 12.0. The summed E-state index contributed by atoms with van der Waals surface area (Å²) in [6.07, 6.45) is 3.22. The molecule has 0 fully saturated rings. The van der Waals surface area contributed by atoms with E-state index in [0.29, 0.717) is 38.2 Å². The van der Waals surface area contributed by atoms with Crippen LogP contribution in [0.15, 0.2) is 12.5 Å². The van der Waals surface area contributed by atoms with Gasteiger partial charge in [-0.05, 0) is 13.0 Å². The third kappa shape index (κ3) is 12.6. The quantitative estimate of drug-likeness (QED) is 0.131. The minimum absolute atomic E-state index is 0.0218. The zero-order valence-electron chi connectivity index (χ0n) is 19.7. The van der Waals surface area contributed by atoms with Gasteiger partial charge in [-0.2, -0.15) is 0 Å². The number of aromatic nitrogens is 2. The number of nitrogens with zero attached hydrogens (tertiary/aromatic N) is 1. The molecule has 0 saturated carbocycles. The standard InChI is InChI=1S/C21H36N6O6S/c1-21(2,13-33-17(29)4-3-7-22)18(30)19(31)25-9-6-16(28)24-10-11-34-20(32)26-8-5-15-12-23-14-27-15/h12,14,18,30H,3-11,13,22H2,1-2H3,(H,23,27)(H,24,28)(H,25,31)(H,26,32)/t18-/m0/s1. The van der Waals surface area contributed by atoms with Gasteiger partial charge in [-0.1, -0.05) is 25.6 Å². The average Bonchev–Trinajstić information content (AvgIpc) is 3.32. The molecular weight excluding hydrogens is 464 g/mol. The van der Waals surface area contributed by atoms with Crippen LogP contribution in [0.5, 0.6) is 0 Å². The number of nitrogens with one attached hydrogen (secondary N) is 4. The first-order valence-corrected chi connectivity index (χ1v) is 12.1. The summed E-state index contributed by atoms with van der Waals surface area (Å²) in [5.41, 5.74) is 5.28. The summed E-state index contributed by atoms with van der Waals surface area (Å²) < 4.78 is 5.10. The van der Waals surface area contributed by atoms with Crippen molar-refractivity contribution in [1.29, 1.82) is 0 Å². The van der Waals surface area contributed by atoms with Crippen LogP contribution in [-0.4, -0.2) is 82.7 Å². The fourth-order valence-corrected chi connectivity index (χ4v) is 3.20. The summed E-state index contributed by atoms with van der Waals surface area (Å²) in [4.78, 5) is 54.3. The van der Waals surface area contributed by atoms with Crippen LogP contribution in [0.1, 0.15) is 38.8 Å². The van der Waals surface area contributed by atoms with Crippen LogP contribution in [0.25, 0.3) is 0 Å². The van der Waals surface area contributed by atoms with E-state index in [1.54, 1.807) is 26.4 Å². The van der Waals surface area contributed by atoms with Gasteiger partial charge in [0.05, 0.1) is 12.9 Å². The number of H-pyrrole nitrogens is 1. The van der Waals surface area contributed by atoms with Crippen molar-refractivity contribution in [3.63, 3.8) is 0 Å². The lowest BCUT2D eigenvalue weighted by Gasteiger charge is -2.29. The van der Waals surface area contributed by atoms with E-state index >= 15 is 0 Å². The number of imidazole rings is 1. The highest BCUT2D eigenvalue weighted by Gasteiger charge is 2.34. The van der Waals surface area contributed by atoms with Crippen LogP contribution < -0.4 is 21.7 Å². The summed E-state index contributed by atoms with van der Waals surface area (Å²) in [7, 11) is 0. The number of nitrogens with two attached hydrogens (primary N) is 1. The summed E-state index contributed by atoms with van der Waals surface area (Å²) in [5, 5.41) is 18.0. The minimum atomic E-state index is -1.42. The smallest absolute Gasteiger partial charge is 0.305 e. The second kappa shape index (κ2) is 16.1. The monoisotopic (exact) mass is 500 g/mol. The number of carbonyl (C=O) groups excluding carboxylic acids is 4. The van der Waals surface area contributed by atoms with Gasteiger partial charge in [-0.15, -0.1) is 0 Å². The van der Waals surface area contributed by atoms with Crippen LogP contribution in [-0.2, 0) is 25.5 Å². The molecule has 34 heavy (non-hydrogen) atoms. The van der Waals surface area contributed by atoms with Crippen molar-refractivity contribution in [1.82, 2.24) is 25.9 Å². The van der Waals surface area contributed by atoms with Gasteiger partial charge in [0.25, 0.3) is 5.24 Å². The van der Waals surface area contributed by atoms with Gasteiger partial charge in [-0.25, -0.2) is 4.98 Å². The van der Waals surface area contributed by atoms with E-state index in [2.05, 4.69) is 25.9 Å². The van der Waals surface area contributed by atoms with Gasteiger partial charge in [0.15, 0.2) is 0 Å². The average molecular weight is 501 g/mol. The van der Waals surface area contributed by atoms with E-state index in [9.17, 15) is 24.3 Å². The Bertz CT molecular complexity index is 774. The van der Waals surface area contributed by atoms with Gasteiger partial charge in [-0.3, -0.25) is 19.2 Å². The second-order valence-corrected chi connectivity index (χ2v) is 9.29. The van der Waals surface area contributed by atoms with E-state index in [1.807, 2.05) is 0 Å². The highest BCUT2D eigenvalue weighted by molar-refractivity contribution is 8.13. The first kappa shape index (κ1) is 29.4. The van der Waals surface area contributed by atoms with Crippen LogP contribution >= 0.6 is 11.8 Å². The zero-order valence-corrected chi connectivity index (χ0v) is 20.5. The van der Waals surface area contributed by atoms with Crippen molar-refractivity contribution in [2.24, 2.45) is 11.1 Å². The van der Waals surface area contributed by atoms with Crippen molar-refractivity contribution in [3.05, 3.63) is 18.2 Å². The topological polar surface area (TPSA) is 189 Å². The predicted molar refractivity (Wildman–Crippen MR) is 128 cm³/mol. The van der Waals surface area contributed by atoms with E-state index in [-0.39, 0.29) is 37.1 Å². The Kier molecular flexibility index (Phi) is 13.9. The molecule has 192 valence electrons. The summed E-state index contributed by atoms with van der Waals surface area (Å²) in [6.45, 7) is 4.28. The van der Waals surface area contributed by atoms with Crippen molar-refractivity contribution >= 4 is 34.8 Å². The molecule has 0 saturated heterocycles. The summed E-state index contributed by atoms with van der Waals surface area (Å²) >= 11 is 1.07. The van der Waals surface area contributed by atoms with Gasteiger partial charge < -0.3 is 36.5 Å². The first-order chi connectivity index (χ1) is 16.2. The number of rotatable bonds is 16. The van der Waals surface area contributed by atoms with Crippen molar-refractivity contribution in [2.75, 3.05) is 38.5 Å². The summed E-state index contributed by atoms with van der Waals surface area (Å²) in [6, 6.07) is 0. The Balaban J connectivity index is 2.13. The SMILES string of the molecule is CC(C)(COC(=O)CCCN)[C@@H](O)C(=O)NCCC(=O)NCCSC(=O)NCCc1cnc[nH]1. The maximum absolute atomic E-state index is 12.2. The van der Waals surface area contributed by atoms with Crippen LogP contribution in [0.2, 0.25) is 0 Å². The Morgan fingerprint density at radius 2 is 1.94 bits per heavy atom. The Morgan fingerprint density at radius 1 is 1.18 bits per heavy atom. The molecule has 0 aliphatic rings. The lowest BCUT2D eigenvalue weighted by Crippen LogP contribution is -2.47. The van der Waals surface area contributed by atoms with Crippen LogP contribution in [0.4, 0.5) is 4.79 Å². The number of aliphatic hydroxyl groups excluding tert-OH is 1. The number of esters is 1. The Labute approximate surface area is 203 Å². The molecule has 0 aliphatic heterocycles. The minimum Gasteiger partial charge on any atom is -0.465 e. The number of hydrogen-bond donors (Lipinski definition) is 6. The molecule has 0 aliphatic carbocycles. The maximum atomic E-state index is 12.2. The lowest BCUT2D eigenvalue weighted by atomic mass is 9.87. The molecule has 1 aromatic heterocycles. The number of hydrogen-bond acceptors (Lipinski definition) is 9. The molecule has 0 radical (unpaired) electrons. The molecule has 1 atom stereocenters. The van der Waals surface area contributed by atoms with Crippen molar-refractivity contribution in [2.45, 2.75) is 45.6 Å². The molecule has 3 amide bonds. The second-order valence-electron chi connectivity index (χ2n) is 8.22. The number of ether oxygens (including phenoxy) is 1. The highest BCUT2D eigenvalue weighted by Crippen LogP contribution is 2.21. The van der Waals surface area contributed by atoms with Crippen molar-refractivity contribution in [3.8, 4) is 0 Å². The molecule has 1 aromatic rings. The van der Waals surface area contributed by atoms with Crippen molar-refractivity contribution < 1.29 is 29.0 Å². The summed E-state index contributed by atoms with van der Waals surface area (Å²) in [5.74, 6) is -0.973. The fraction of sp³-hybridized carbons (Fsp3) is 0.667. The van der Waals surface area contributed by atoms with Gasteiger partial charge in [0.2, 0.25) is 11.8 Å². The van der Waals surface area contributed by atoms with Gasteiger partial charge in [0, 0.05) is 62.0 Å². The largest absolute Gasteiger partial charge is 0.465 e. The molecule has 1 heterocycles. The maximum Gasteiger partial charge on any atom is 0.305 e. The third-order valence-corrected chi connectivity index (χ3v) is 5.52. The van der Waals surface area contributed by atoms with Crippen LogP contribution in [0.3, 0.4) is 0 Å². The zero-order chi connectivity index (χ0) is 25.4. The highest BCUT2D eigenvalue weighted by atomic mass is 32.2. The number of carbonyl (C=O) groups is 4. The third-order valence-electron chi connectivity index (χ3n) is 4.71. The predicted octanol–water partition coefficient (Wildman–Crippen LogP) is -0.313. The van der Waals surface area contributed by atoms with E-state index in [1.165, 1.54) is 0 Å². The molecule has 0 aromatic carbocycles. The molecule has 0 bridgehead atoms. The molecule has 0 unspecified atom stereocenters. The number of amides is 3. The van der Waals surface area contributed by atoms with E-state index in [4.69, 9.17) is 10.5 Å². The molecular formula is C21H36N6O6S. The van der Waals surface area contributed by atoms with E-state index in [0.717, 1.165) is 17.5 Å². The number of thioether (sulfide) groups is 1. The van der Waals surface area contributed by atoms with Gasteiger partial charge in [0.1, 0.15) is 6.10 Å². The first-order valence-electron chi connectivity index (χ1n) is 11.1. The Hall–Kier alpha value is -2.64. The fourth-order valence-electron chi connectivity index (χ4n) is 2.61. The van der Waals surface area contributed by atoms with Gasteiger partial charge >= 0.3 is 5.97 Å². The van der Waals surface area contributed by atoms with Crippen LogP contribution in [0, 0.1) is 5.41 Å². The molecule has 7 N–H and O–H groups in total.